The Morgan fingerprint density at radius 2 is 1.44 bits per heavy atom. The minimum Gasteiger partial charge on any atom is -0.476 e. The maximum Gasteiger partial charge on any atom is 0.436 e. The van der Waals surface area contributed by atoms with Gasteiger partial charge in [-0.1, -0.05) is 11.6 Å². The first-order chi connectivity index (χ1) is 14.5. The quantitative estimate of drug-likeness (QED) is 0.377. The number of carbonyl (C=O) groups is 2. The summed E-state index contributed by atoms with van der Waals surface area (Å²) in [5.74, 6) is -3.99. The predicted octanol–water partition coefficient (Wildman–Crippen LogP) is 3.45. The molecular weight excluding hydrogens is 546 g/mol. The van der Waals surface area contributed by atoms with Crippen molar-refractivity contribution in [1.82, 2.24) is 19.9 Å². The molecule has 176 valence electrons. The Morgan fingerprint density at radius 3 is 1.88 bits per heavy atom. The summed E-state index contributed by atoms with van der Waals surface area (Å²) in [4.78, 5) is 34.0. The van der Waals surface area contributed by atoms with Crippen molar-refractivity contribution in [2.75, 3.05) is 18.1 Å². The summed E-state index contributed by atoms with van der Waals surface area (Å²) < 4.78 is 77.6. The molecule has 2 rings (SSSR count). The van der Waals surface area contributed by atoms with Crippen molar-refractivity contribution in [2.45, 2.75) is 19.3 Å². The second kappa shape index (κ2) is 10.1. The van der Waals surface area contributed by atoms with Gasteiger partial charge in [-0.3, -0.25) is 0 Å². The van der Waals surface area contributed by atoms with Gasteiger partial charge in [0.1, 0.15) is 4.60 Å². The van der Waals surface area contributed by atoms with E-state index >= 15 is 0 Å². The van der Waals surface area contributed by atoms with E-state index in [0.29, 0.717) is 0 Å². The van der Waals surface area contributed by atoms with Gasteiger partial charge in [0.25, 0.3) is 0 Å². The van der Waals surface area contributed by atoms with Crippen LogP contribution in [0.3, 0.4) is 0 Å². The van der Waals surface area contributed by atoms with Gasteiger partial charge in [-0.25, -0.2) is 29.5 Å². The van der Waals surface area contributed by atoms with E-state index in [1.165, 1.54) is 6.92 Å². The summed E-state index contributed by atoms with van der Waals surface area (Å²) in [6.07, 6.45) is -9.53. The van der Waals surface area contributed by atoms with Gasteiger partial charge in [-0.2, -0.15) is 26.3 Å². The van der Waals surface area contributed by atoms with Gasteiger partial charge in [-0.15, -0.1) is 0 Å². The second-order valence-corrected chi connectivity index (χ2v) is 6.32. The molecule has 0 fully saturated rings. The minimum absolute atomic E-state index is 0.0264. The SMILES string of the molecule is CCOC(=O)c1nc(Cl)c(C(F)(F)F)nc1N.Nc1nc(C(F)(F)F)c(Br)nc1C(=O)O. The molecule has 2 aromatic heterocycles. The fourth-order valence-electron chi connectivity index (χ4n) is 1.72. The van der Waals surface area contributed by atoms with Crippen LogP contribution in [0.25, 0.3) is 0 Å². The fourth-order valence-corrected chi connectivity index (χ4v) is 2.45. The van der Waals surface area contributed by atoms with Crippen molar-refractivity contribution in [1.29, 1.82) is 0 Å². The molecule has 0 radical (unpaired) electrons. The number of ether oxygens (including phenoxy) is 1. The second-order valence-electron chi connectivity index (χ2n) is 5.21. The number of aromatic nitrogens is 4. The summed E-state index contributed by atoms with van der Waals surface area (Å²) in [6, 6.07) is 0. The van der Waals surface area contributed by atoms with Crippen molar-refractivity contribution in [3.63, 3.8) is 0 Å². The van der Waals surface area contributed by atoms with Crippen LogP contribution in [-0.4, -0.2) is 43.6 Å². The first-order valence-corrected chi connectivity index (χ1v) is 8.88. The zero-order valence-electron chi connectivity index (χ0n) is 15.3. The topological polar surface area (TPSA) is 167 Å². The number of halogens is 8. The monoisotopic (exact) mass is 554 g/mol. The van der Waals surface area contributed by atoms with Crippen molar-refractivity contribution < 1.29 is 45.8 Å². The Labute approximate surface area is 187 Å². The third-order valence-corrected chi connectivity index (χ3v) is 3.79. The number of rotatable bonds is 3. The molecule has 0 atom stereocenters. The molecule has 0 unspecified atom stereocenters. The van der Waals surface area contributed by atoms with Crippen LogP contribution in [0.4, 0.5) is 38.0 Å². The molecule has 32 heavy (non-hydrogen) atoms. The smallest absolute Gasteiger partial charge is 0.436 e. The molecular formula is C14H10BrClF6N6O4. The molecule has 0 aromatic carbocycles. The number of anilines is 2. The maximum atomic E-state index is 12.4. The van der Waals surface area contributed by atoms with Gasteiger partial charge in [0.15, 0.2) is 39.6 Å². The highest BCUT2D eigenvalue weighted by Crippen LogP contribution is 2.34. The number of nitrogens with zero attached hydrogens (tertiary/aromatic N) is 4. The third-order valence-electron chi connectivity index (χ3n) is 2.97. The summed E-state index contributed by atoms with van der Waals surface area (Å²) in [5.41, 5.74) is 6.14. The lowest BCUT2D eigenvalue weighted by atomic mass is 10.3. The number of carboxylic acids is 1. The van der Waals surface area contributed by atoms with Crippen LogP contribution in [0.1, 0.15) is 39.3 Å². The number of nitrogen functional groups attached to an aromatic ring is 2. The highest BCUT2D eigenvalue weighted by Gasteiger charge is 2.38. The van der Waals surface area contributed by atoms with Crippen LogP contribution in [0.2, 0.25) is 5.15 Å². The van der Waals surface area contributed by atoms with Gasteiger partial charge in [0.2, 0.25) is 0 Å². The lowest BCUT2D eigenvalue weighted by Gasteiger charge is -2.10. The van der Waals surface area contributed by atoms with E-state index in [2.05, 4.69) is 40.6 Å². The first kappa shape index (κ1) is 27.1. The van der Waals surface area contributed by atoms with Crippen LogP contribution in [-0.2, 0) is 17.1 Å². The van der Waals surface area contributed by atoms with Crippen molar-refractivity contribution in [3.05, 3.63) is 32.5 Å². The normalized spacial score (nSPS) is 11.4. The number of carbonyl (C=O) groups excluding carboxylic acids is 1. The predicted molar refractivity (Wildman–Crippen MR) is 98.5 cm³/mol. The van der Waals surface area contributed by atoms with Crippen LogP contribution in [0.15, 0.2) is 4.60 Å². The van der Waals surface area contributed by atoms with E-state index in [-0.39, 0.29) is 6.61 Å². The molecule has 0 aliphatic carbocycles. The zero-order chi connectivity index (χ0) is 25.0. The molecule has 0 aliphatic rings. The van der Waals surface area contributed by atoms with E-state index in [0.717, 1.165) is 0 Å². The average molecular weight is 556 g/mol. The Morgan fingerprint density at radius 1 is 0.969 bits per heavy atom. The van der Waals surface area contributed by atoms with Gasteiger partial charge >= 0.3 is 24.3 Å². The number of alkyl halides is 6. The summed E-state index contributed by atoms with van der Waals surface area (Å²) in [7, 11) is 0. The van der Waals surface area contributed by atoms with Crippen LogP contribution >= 0.6 is 27.5 Å². The van der Waals surface area contributed by atoms with Crippen LogP contribution in [0.5, 0.6) is 0 Å². The van der Waals surface area contributed by atoms with Gasteiger partial charge in [-0.05, 0) is 22.9 Å². The molecule has 0 saturated heterocycles. The number of aromatic carboxylic acids is 1. The highest BCUT2D eigenvalue weighted by atomic mass is 79.9. The molecule has 0 spiro atoms. The van der Waals surface area contributed by atoms with Crippen molar-refractivity contribution in [2.24, 2.45) is 0 Å². The van der Waals surface area contributed by atoms with E-state index in [4.69, 9.17) is 28.2 Å². The standard InChI is InChI=1S/C8H7ClF3N3O2.C6H3BrF3N3O2/c1-2-17-7(16)3-6(13)15-4(5(9)14-3)8(10,11)12;7-3-2(6(8,9)10)13-4(11)1(12-3)5(14)15/h2H2,1H3,(H2,13,15);(H2,11,13)(H,14,15). The minimum atomic E-state index is -4.79. The Bertz CT molecular complexity index is 1040. The molecule has 5 N–H and O–H groups in total. The summed E-state index contributed by atoms with van der Waals surface area (Å²) in [5, 5.41) is 7.55. The molecule has 2 heterocycles. The lowest BCUT2D eigenvalue weighted by Crippen LogP contribution is -2.17. The maximum absolute atomic E-state index is 12.4. The zero-order valence-corrected chi connectivity index (χ0v) is 17.7. The summed E-state index contributed by atoms with van der Waals surface area (Å²) in [6.45, 7) is 1.55. The number of hydrogen-bond acceptors (Lipinski definition) is 9. The number of esters is 1. The molecule has 0 saturated carbocycles. The Hall–Kier alpha value is -2.95. The van der Waals surface area contributed by atoms with Gasteiger partial charge in [0.05, 0.1) is 6.61 Å². The van der Waals surface area contributed by atoms with Crippen molar-refractivity contribution in [3.8, 4) is 0 Å². The van der Waals surface area contributed by atoms with E-state index in [1.807, 2.05) is 0 Å². The number of carboxylic acid groups (broad SMARTS) is 1. The largest absolute Gasteiger partial charge is 0.476 e. The third kappa shape index (κ3) is 6.78. The highest BCUT2D eigenvalue weighted by molar-refractivity contribution is 9.10. The first-order valence-electron chi connectivity index (χ1n) is 7.71. The fraction of sp³-hybridized carbons (Fsp3) is 0.286. The molecule has 0 amide bonds. The van der Waals surface area contributed by atoms with Crippen LogP contribution in [0, 0.1) is 0 Å². The Balaban J connectivity index is 0.000000323. The van der Waals surface area contributed by atoms with Crippen molar-refractivity contribution >= 4 is 51.1 Å². The number of nitrogens with two attached hydrogens (primary N) is 2. The molecule has 2 aromatic rings. The summed E-state index contributed by atoms with van der Waals surface area (Å²) >= 11 is 7.75. The molecule has 0 bridgehead atoms. The Kier molecular flexibility index (Phi) is 8.56. The van der Waals surface area contributed by atoms with Gasteiger partial charge in [0, 0.05) is 0 Å². The number of hydrogen-bond donors (Lipinski definition) is 3. The lowest BCUT2D eigenvalue weighted by molar-refractivity contribution is -0.142. The van der Waals surface area contributed by atoms with Gasteiger partial charge < -0.3 is 21.3 Å². The molecule has 10 nitrogen and oxygen atoms in total. The average Bonchev–Trinajstić information content (AvgIpc) is 2.63. The van der Waals surface area contributed by atoms with E-state index in [9.17, 15) is 35.9 Å². The van der Waals surface area contributed by atoms with E-state index < -0.39 is 68.5 Å². The van der Waals surface area contributed by atoms with E-state index in [1.54, 1.807) is 0 Å². The molecule has 0 aliphatic heterocycles. The van der Waals surface area contributed by atoms with Crippen LogP contribution < -0.4 is 11.5 Å². The molecule has 18 heteroatoms.